The van der Waals surface area contributed by atoms with Gasteiger partial charge in [0.2, 0.25) is 0 Å². The minimum absolute atomic E-state index is 0.00397. The van der Waals surface area contributed by atoms with Gasteiger partial charge in [0.15, 0.2) is 0 Å². The number of halogens is 2. The van der Waals surface area contributed by atoms with E-state index >= 15 is 0 Å². The Morgan fingerprint density at radius 2 is 2.33 bits per heavy atom. The van der Waals surface area contributed by atoms with Gasteiger partial charge in [0.25, 0.3) is 0 Å². The fourth-order valence-corrected chi connectivity index (χ4v) is 1.59. The van der Waals surface area contributed by atoms with Gasteiger partial charge in [0.1, 0.15) is 18.2 Å². The first-order valence-corrected chi connectivity index (χ1v) is 6.04. The van der Waals surface area contributed by atoms with Crippen molar-refractivity contribution in [1.82, 2.24) is 0 Å². The fraction of sp³-hybridized carbons (Fsp3) is 0.250. The lowest BCUT2D eigenvalue weighted by atomic mass is 10.3. The highest BCUT2D eigenvalue weighted by molar-refractivity contribution is 9.10. The van der Waals surface area contributed by atoms with Crippen LogP contribution in [0.2, 0.25) is 0 Å². The van der Waals surface area contributed by atoms with E-state index in [0.29, 0.717) is 10.2 Å². The van der Waals surface area contributed by atoms with Crippen molar-refractivity contribution in [3.63, 3.8) is 0 Å². The maximum atomic E-state index is 13.6. The molecule has 0 radical (unpaired) electrons. The molecule has 1 N–H and O–H groups in total. The molecular weight excluding hydrogens is 305 g/mol. The smallest absolute Gasteiger partial charge is 0.411 e. The van der Waals surface area contributed by atoms with Gasteiger partial charge in [-0.05, 0) is 28.9 Å². The number of hydrogen-bond donors (Lipinski definition) is 1. The Morgan fingerprint density at radius 1 is 1.61 bits per heavy atom. The lowest BCUT2D eigenvalue weighted by Gasteiger charge is -2.11. The Bertz CT molecular complexity index is 451. The molecule has 0 unspecified atom stereocenters. The van der Waals surface area contributed by atoms with Crippen molar-refractivity contribution >= 4 is 27.7 Å². The fourth-order valence-electron chi connectivity index (χ4n) is 1.16. The largest absolute Gasteiger partial charge is 0.488 e. The van der Waals surface area contributed by atoms with Crippen LogP contribution in [0.4, 0.5) is 14.9 Å². The summed E-state index contributed by atoms with van der Waals surface area (Å²) in [6.07, 6.45) is 0.849. The van der Waals surface area contributed by atoms with Crippen LogP contribution in [0.1, 0.15) is 6.92 Å². The predicted molar refractivity (Wildman–Crippen MR) is 70.4 cm³/mol. The summed E-state index contributed by atoms with van der Waals surface area (Å²) in [5, 5.41) is 2.29. The zero-order chi connectivity index (χ0) is 13.5. The number of amides is 1. The molecule has 0 bridgehead atoms. The molecule has 0 saturated carbocycles. The first kappa shape index (κ1) is 14.5. The minimum atomic E-state index is -0.714. The molecule has 0 atom stereocenters. The molecule has 0 spiro atoms. The van der Waals surface area contributed by atoms with Crippen molar-refractivity contribution in [2.75, 3.05) is 18.5 Å². The third kappa shape index (κ3) is 4.03. The van der Waals surface area contributed by atoms with Crippen LogP contribution in [-0.2, 0) is 4.74 Å². The molecule has 0 heterocycles. The quantitative estimate of drug-likeness (QED) is 0.842. The summed E-state index contributed by atoms with van der Waals surface area (Å²) in [4.78, 5) is 11.2. The number of nitrogens with one attached hydrogen (secondary N) is 1. The van der Waals surface area contributed by atoms with Crippen LogP contribution < -0.4 is 10.1 Å². The summed E-state index contributed by atoms with van der Waals surface area (Å²) in [7, 11) is 0. The van der Waals surface area contributed by atoms with Crippen LogP contribution in [0, 0.1) is 5.82 Å². The topological polar surface area (TPSA) is 47.6 Å². The van der Waals surface area contributed by atoms with Crippen LogP contribution in [0.3, 0.4) is 0 Å². The van der Waals surface area contributed by atoms with Gasteiger partial charge < -0.3 is 9.47 Å². The summed E-state index contributed by atoms with van der Waals surface area (Å²) < 4.78 is 24.0. The third-order valence-electron chi connectivity index (χ3n) is 1.89. The molecule has 0 aliphatic heterocycles. The van der Waals surface area contributed by atoms with Crippen LogP contribution in [0.5, 0.6) is 5.75 Å². The average molecular weight is 318 g/mol. The Kier molecular flexibility index (Phi) is 5.64. The molecular formula is C12H13BrFNO3. The molecule has 0 saturated heterocycles. The molecule has 1 aromatic rings. The van der Waals surface area contributed by atoms with Gasteiger partial charge in [-0.15, -0.1) is 0 Å². The van der Waals surface area contributed by atoms with Crippen molar-refractivity contribution < 1.29 is 18.7 Å². The molecule has 0 aliphatic rings. The van der Waals surface area contributed by atoms with Gasteiger partial charge in [-0.2, -0.15) is 0 Å². The maximum absolute atomic E-state index is 13.6. The van der Waals surface area contributed by atoms with Crippen molar-refractivity contribution in [2.24, 2.45) is 0 Å². The van der Waals surface area contributed by atoms with Gasteiger partial charge in [-0.3, -0.25) is 5.32 Å². The average Bonchev–Trinajstić information content (AvgIpc) is 2.31. The van der Waals surface area contributed by atoms with E-state index in [1.54, 1.807) is 13.0 Å². The zero-order valence-corrected chi connectivity index (χ0v) is 11.4. The normalized spacial score (nSPS) is 9.72. The van der Waals surface area contributed by atoms with Crippen LogP contribution in [0.15, 0.2) is 29.3 Å². The number of benzene rings is 1. The summed E-state index contributed by atoms with van der Waals surface area (Å²) in [6.45, 7) is 5.67. The summed E-state index contributed by atoms with van der Waals surface area (Å²) in [6, 6.07) is 2.58. The SMILES string of the molecule is C=CCOc1cc(NC(=O)OCC)c(F)cc1Br. The molecule has 98 valence electrons. The van der Waals surface area contributed by atoms with Crippen LogP contribution >= 0.6 is 15.9 Å². The van der Waals surface area contributed by atoms with Crippen molar-refractivity contribution in [1.29, 1.82) is 0 Å². The molecule has 6 heteroatoms. The van der Waals surface area contributed by atoms with Gasteiger partial charge in [0, 0.05) is 6.07 Å². The van der Waals surface area contributed by atoms with Gasteiger partial charge in [-0.25, -0.2) is 9.18 Å². The van der Waals surface area contributed by atoms with E-state index in [-0.39, 0.29) is 18.9 Å². The molecule has 1 rings (SSSR count). The summed E-state index contributed by atoms with van der Waals surface area (Å²) in [5.74, 6) is -0.177. The van der Waals surface area contributed by atoms with Crippen LogP contribution in [-0.4, -0.2) is 19.3 Å². The van der Waals surface area contributed by atoms with Crippen molar-refractivity contribution in [3.8, 4) is 5.75 Å². The molecule has 18 heavy (non-hydrogen) atoms. The van der Waals surface area contributed by atoms with E-state index < -0.39 is 11.9 Å². The molecule has 0 fully saturated rings. The minimum Gasteiger partial charge on any atom is -0.488 e. The van der Waals surface area contributed by atoms with E-state index in [1.165, 1.54) is 12.1 Å². The Morgan fingerprint density at radius 3 is 2.94 bits per heavy atom. The number of ether oxygens (including phenoxy) is 2. The lowest BCUT2D eigenvalue weighted by molar-refractivity contribution is 0.168. The Hall–Kier alpha value is -1.56. The van der Waals surface area contributed by atoms with E-state index in [2.05, 4.69) is 32.6 Å². The number of rotatable bonds is 5. The highest BCUT2D eigenvalue weighted by Gasteiger charge is 2.12. The number of carbonyl (C=O) groups excluding carboxylic acids is 1. The standard InChI is InChI=1S/C12H13BrFNO3/c1-3-5-18-11-7-10(9(14)6-8(11)13)15-12(16)17-4-2/h3,6-7H,1,4-5H2,2H3,(H,15,16). The summed E-state index contributed by atoms with van der Waals surface area (Å²) in [5.41, 5.74) is -0.00397. The monoisotopic (exact) mass is 317 g/mol. The van der Waals surface area contributed by atoms with Gasteiger partial charge in [0.05, 0.1) is 16.8 Å². The van der Waals surface area contributed by atoms with Crippen molar-refractivity contribution in [2.45, 2.75) is 6.92 Å². The molecule has 1 amide bonds. The van der Waals surface area contributed by atoms with Crippen LogP contribution in [0.25, 0.3) is 0 Å². The number of anilines is 1. The van der Waals surface area contributed by atoms with E-state index in [0.717, 1.165) is 0 Å². The second-order valence-corrected chi connectivity index (χ2v) is 4.06. The second-order valence-electron chi connectivity index (χ2n) is 3.21. The zero-order valence-electron chi connectivity index (χ0n) is 9.83. The Labute approximate surface area is 113 Å². The van der Waals surface area contributed by atoms with E-state index in [9.17, 15) is 9.18 Å². The predicted octanol–water partition coefficient (Wildman–Crippen LogP) is 3.72. The van der Waals surface area contributed by atoms with E-state index in [4.69, 9.17) is 4.74 Å². The lowest BCUT2D eigenvalue weighted by Crippen LogP contribution is -2.14. The number of hydrogen-bond acceptors (Lipinski definition) is 3. The van der Waals surface area contributed by atoms with Crippen molar-refractivity contribution in [3.05, 3.63) is 35.1 Å². The highest BCUT2D eigenvalue weighted by atomic mass is 79.9. The Balaban J connectivity index is 2.90. The third-order valence-corrected chi connectivity index (χ3v) is 2.51. The molecule has 4 nitrogen and oxygen atoms in total. The second kappa shape index (κ2) is 7.00. The molecule has 0 aromatic heterocycles. The first-order chi connectivity index (χ1) is 8.58. The maximum Gasteiger partial charge on any atom is 0.411 e. The highest BCUT2D eigenvalue weighted by Crippen LogP contribution is 2.31. The van der Waals surface area contributed by atoms with Gasteiger partial charge in [-0.1, -0.05) is 12.7 Å². The van der Waals surface area contributed by atoms with Gasteiger partial charge >= 0.3 is 6.09 Å². The molecule has 0 aliphatic carbocycles. The number of carbonyl (C=O) groups is 1. The first-order valence-electron chi connectivity index (χ1n) is 5.25. The summed E-state index contributed by atoms with van der Waals surface area (Å²) >= 11 is 3.17. The molecule has 1 aromatic carbocycles. The van der Waals surface area contributed by atoms with E-state index in [1.807, 2.05) is 0 Å².